The summed E-state index contributed by atoms with van der Waals surface area (Å²) in [5.41, 5.74) is 0.339. The molecular weight excluding hydrogens is 325 g/mol. The molecule has 1 aromatic carbocycles. The van der Waals surface area contributed by atoms with Crippen LogP contribution in [0.25, 0.3) is 0 Å². The molecule has 0 aliphatic rings. The number of halogens is 2. The first-order chi connectivity index (χ1) is 10.8. The maximum Gasteiger partial charge on any atom is 0.267 e. The topological polar surface area (TPSA) is 84.1 Å². The second-order valence-electron chi connectivity index (χ2n) is 5.20. The summed E-state index contributed by atoms with van der Waals surface area (Å²) >= 11 is 5.99. The first kappa shape index (κ1) is 17.0. The van der Waals surface area contributed by atoms with Crippen LogP contribution in [0.1, 0.15) is 32.3 Å². The van der Waals surface area contributed by atoms with E-state index in [9.17, 15) is 14.0 Å². The van der Waals surface area contributed by atoms with Gasteiger partial charge in [-0.15, -0.1) is 5.10 Å². The van der Waals surface area contributed by atoms with Crippen molar-refractivity contribution in [2.75, 3.05) is 5.32 Å². The van der Waals surface area contributed by atoms with Crippen molar-refractivity contribution in [1.29, 1.82) is 0 Å². The van der Waals surface area contributed by atoms with Gasteiger partial charge in [-0.25, -0.2) is 9.49 Å². The van der Waals surface area contributed by atoms with E-state index in [1.165, 1.54) is 19.1 Å². The molecule has 1 aromatic heterocycles. The molecule has 1 amide bonds. The zero-order valence-electron chi connectivity index (χ0n) is 12.7. The molecule has 0 saturated carbocycles. The molecule has 0 fully saturated rings. The van der Waals surface area contributed by atoms with Gasteiger partial charge < -0.3 is 10.1 Å². The van der Waals surface area contributed by atoms with Crippen molar-refractivity contribution < 1.29 is 13.9 Å². The maximum atomic E-state index is 14.1. The Kier molecular flexibility index (Phi) is 5.00. The van der Waals surface area contributed by atoms with E-state index in [4.69, 9.17) is 16.3 Å². The lowest BCUT2D eigenvalue weighted by atomic mass is 10.1. The standard InChI is InChI=1S/C15H15ClFN3O3/c1-7(2)10-6-13(19-20-15(10)22)23-14-11(16)4-9(5-12(14)17)18-8(3)21/h4-7H,1-3H3,(H,18,21)(H,20,22). The summed E-state index contributed by atoms with van der Waals surface area (Å²) in [6, 6.07) is 3.87. The van der Waals surface area contributed by atoms with Crippen LogP contribution >= 0.6 is 11.6 Å². The van der Waals surface area contributed by atoms with E-state index in [0.717, 1.165) is 6.07 Å². The SMILES string of the molecule is CC(=O)Nc1cc(F)c(Oc2cc(C(C)C)c(=O)[nH]n2)c(Cl)c1. The van der Waals surface area contributed by atoms with Gasteiger partial charge in [-0.1, -0.05) is 25.4 Å². The lowest BCUT2D eigenvalue weighted by Gasteiger charge is -2.11. The molecular formula is C15H15ClFN3O3. The highest BCUT2D eigenvalue weighted by Crippen LogP contribution is 2.34. The molecule has 0 spiro atoms. The van der Waals surface area contributed by atoms with Gasteiger partial charge in [0, 0.05) is 30.3 Å². The fourth-order valence-electron chi connectivity index (χ4n) is 1.92. The van der Waals surface area contributed by atoms with Crippen LogP contribution in [0.5, 0.6) is 11.6 Å². The fourth-order valence-corrected chi connectivity index (χ4v) is 2.17. The number of aromatic nitrogens is 2. The molecule has 0 aliphatic heterocycles. The van der Waals surface area contributed by atoms with Crippen LogP contribution in [0.15, 0.2) is 23.0 Å². The Morgan fingerprint density at radius 1 is 1.39 bits per heavy atom. The third-order valence-corrected chi connectivity index (χ3v) is 3.24. The predicted octanol–water partition coefficient (Wildman–Crippen LogP) is 3.44. The van der Waals surface area contributed by atoms with E-state index in [0.29, 0.717) is 5.56 Å². The average molecular weight is 340 g/mol. The van der Waals surface area contributed by atoms with E-state index in [2.05, 4.69) is 15.5 Å². The van der Waals surface area contributed by atoms with Gasteiger partial charge in [-0.05, 0) is 12.0 Å². The number of hydrogen-bond donors (Lipinski definition) is 2. The van der Waals surface area contributed by atoms with Crippen molar-refractivity contribution in [3.63, 3.8) is 0 Å². The van der Waals surface area contributed by atoms with Crippen LogP contribution in [-0.4, -0.2) is 16.1 Å². The van der Waals surface area contributed by atoms with E-state index < -0.39 is 5.82 Å². The molecule has 0 atom stereocenters. The monoisotopic (exact) mass is 339 g/mol. The molecule has 0 saturated heterocycles. The van der Waals surface area contributed by atoms with Crippen molar-refractivity contribution in [2.24, 2.45) is 0 Å². The number of aromatic amines is 1. The van der Waals surface area contributed by atoms with Gasteiger partial charge in [0.15, 0.2) is 11.6 Å². The maximum absolute atomic E-state index is 14.1. The zero-order chi connectivity index (χ0) is 17.1. The number of anilines is 1. The van der Waals surface area contributed by atoms with Crippen LogP contribution in [0, 0.1) is 5.82 Å². The first-order valence-electron chi connectivity index (χ1n) is 6.82. The Bertz CT molecular complexity index is 782. The molecule has 23 heavy (non-hydrogen) atoms. The van der Waals surface area contributed by atoms with E-state index in [-0.39, 0.29) is 39.7 Å². The number of nitrogens with one attached hydrogen (secondary N) is 2. The minimum atomic E-state index is -0.764. The van der Waals surface area contributed by atoms with Crippen LogP contribution in [0.2, 0.25) is 5.02 Å². The Balaban J connectivity index is 2.35. The largest absolute Gasteiger partial charge is 0.433 e. The minimum Gasteiger partial charge on any atom is -0.433 e. The molecule has 1 heterocycles. The summed E-state index contributed by atoms with van der Waals surface area (Å²) in [5.74, 6) is -1.39. The van der Waals surface area contributed by atoms with Crippen molar-refractivity contribution in [3.8, 4) is 11.6 Å². The van der Waals surface area contributed by atoms with Crippen molar-refractivity contribution in [3.05, 3.63) is 45.0 Å². The number of H-pyrrole nitrogens is 1. The molecule has 0 bridgehead atoms. The number of hydrogen-bond acceptors (Lipinski definition) is 4. The molecule has 122 valence electrons. The Labute approximate surface area is 136 Å². The van der Waals surface area contributed by atoms with E-state index in [1.807, 2.05) is 13.8 Å². The average Bonchev–Trinajstić information content (AvgIpc) is 2.43. The number of amides is 1. The Morgan fingerprint density at radius 2 is 2.09 bits per heavy atom. The molecule has 2 aromatic rings. The normalized spacial score (nSPS) is 10.7. The highest BCUT2D eigenvalue weighted by molar-refractivity contribution is 6.32. The number of nitrogens with zero attached hydrogens (tertiary/aromatic N) is 1. The third-order valence-electron chi connectivity index (χ3n) is 2.96. The Morgan fingerprint density at radius 3 is 2.65 bits per heavy atom. The van der Waals surface area contributed by atoms with E-state index >= 15 is 0 Å². The van der Waals surface area contributed by atoms with Crippen LogP contribution in [0.4, 0.5) is 10.1 Å². The second kappa shape index (κ2) is 6.78. The van der Waals surface area contributed by atoms with Gasteiger partial charge in [0.1, 0.15) is 0 Å². The lowest BCUT2D eigenvalue weighted by Crippen LogP contribution is -2.15. The summed E-state index contributed by atoms with van der Waals surface area (Å²) in [5, 5.41) is 8.40. The number of rotatable bonds is 4. The first-order valence-corrected chi connectivity index (χ1v) is 7.20. The van der Waals surface area contributed by atoms with Crippen molar-refractivity contribution in [1.82, 2.24) is 10.2 Å². The van der Waals surface area contributed by atoms with Gasteiger partial charge in [-0.3, -0.25) is 9.59 Å². The summed E-state index contributed by atoms with van der Waals surface area (Å²) in [4.78, 5) is 22.6. The van der Waals surface area contributed by atoms with Gasteiger partial charge >= 0.3 is 0 Å². The molecule has 0 unspecified atom stereocenters. The quantitative estimate of drug-likeness (QED) is 0.893. The number of benzene rings is 1. The molecule has 0 radical (unpaired) electrons. The molecule has 2 rings (SSSR count). The fraction of sp³-hybridized carbons (Fsp3) is 0.267. The van der Waals surface area contributed by atoms with Crippen LogP contribution in [-0.2, 0) is 4.79 Å². The number of carbonyl (C=O) groups excluding carboxylic acids is 1. The third kappa shape index (κ3) is 4.07. The lowest BCUT2D eigenvalue weighted by molar-refractivity contribution is -0.114. The summed E-state index contributed by atoms with van der Waals surface area (Å²) in [6.07, 6.45) is 0. The smallest absolute Gasteiger partial charge is 0.267 e. The molecule has 8 heteroatoms. The summed E-state index contributed by atoms with van der Waals surface area (Å²) < 4.78 is 19.5. The van der Waals surface area contributed by atoms with Gasteiger partial charge in [0.2, 0.25) is 11.8 Å². The highest BCUT2D eigenvalue weighted by atomic mass is 35.5. The molecule has 2 N–H and O–H groups in total. The zero-order valence-corrected chi connectivity index (χ0v) is 13.5. The van der Waals surface area contributed by atoms with Crippen molar-refractivity contribution >= 4 is 23.2 Å². The minimum absolute atomic E-state index is 0.0152. The van der Waals surface area contributed by atoms with Crippen LogP contribution in [0.3, 0.4) is 0 Å². The van der Waals surface area contributed by atoms with E-state index in [1.54, 1.807) is 0 Å². The van der Waals surface area contributed by atoms with Crippen LogP contribution < -0.4 is 15.6 Å². The second-order valence-corrected chi connectivity index (χ2v) is 5.60. The summed E-state index contributed by atoms with van der Waals surface area (Å²) in [6.45, 7) is 4.97. The van der Waals surface area contributed by atoms with Gasteiger partial charge in [0.05, 0.1) is 5.02 Å². The Hall–Kier alpha value is -2.41. The van der Waals surface area contributed by atoms with Crippen molar-refractivity contribution in [2.45, 2.75) is 26.7 Å². The molecule has 0 aliphatic carbocycles. The number of carbonyl (C=O) groups is 1. The number of ether oxygens (including phenoxy) is 1. The summed E-state index contributed by atoms with van der Waals surface area (Å²) in [7, 11) is 0. The van der Waals surface area contributed by atoms with Gasteiger partial charge in [-0.2, -0.15) is 0 Å². The van der Waals surface area contributed by atoms with Gasteiger partial charge in [0.25, 0.3) is 5.56 Å². The highest BCUT2D eigenvalue weighted by Gasteiger charge is 2.15. The predicted molar refractivity (Wildman–Crippen MR) is 84.7 cm³/mol. The molecule has 6 nitrogen and oxygen atoms in total.